The molecule has 0 spiro atoms. The molecule has 0 aliphatic carbocycles. The van der Waals surface area contributed by atoms with E-state index in [9.17, 15) is 19.3 Å². The van der Waals surface area contributed by atoms with Crippen LogP contribution in [0.5, 0.6) is 11.5 Å². The van der Waals surface area contributed by atoms with Crippen LogP contribution in [0, 0.1) is 15.9 Å². The molecular formula is C16H14FN3O5. The SMILES string of the molecule is COc1cc(OC)c([N+](=O)[O-])cc1/C=N\NC(=O)c1ccc(F)cc1. The minimum absolute atomic E-state index is 0.0364. The van der Waals surface area contributed by atoms with Gasteiger partial charge in [-0.05, 0) is 24.3 Å². The minimum atomic E-state index is -0.604. The second kappa shape index (κ2) is 7.86. The number of hydrazone groups is 1. The second-order valence-corrected chi connectivity index (χ2v) is 4.73. The monoisotopic (exact) mass is 347 g/mol. The van der Waals surface area contributed by atoms with Crippen molar-refractivity contribution in [2.75, 3.05) is 14.2 Å². The average molecular weight is 347 g/mol. The number of hydrogen-bond donors (Lipinski definition) is 1. The van der Waals surface area contributed by atoms with Crippen LogP contribution in [0.15, 0.2) is 41.5 Å². The third-order valence-corrected chi connectivity index (χ3v) is 3.20. The topological polar surface area (TPSA) is 103 Å². The van der Waals surface area contributed by atoms with Gasteiger partial charge in [-0.3, -0.25) is 14.9 Å². The van der Waals surface area contributed by atoms with Gasteiger partial charge in [-0.1, -0.05) is 0 Å². The van der Waals surface area contributed by atoms with Crippen LogP contribution < -0.4 is 14.9 Å². The summed E-state index contributed by atoms with van der Waals surface area (Å²) >= 11 is 0. The average Bonchev–Trinajstić information content (AvgIpc) is 2.61. The Hall–Kier alpha value is -3.49. The van der Waals surface area contributed by atoms with Gasteiger partial charge in [-0.2, -0.15) is 5.10 Å². The highest BCUT2D eigenvalue weighted by Gasteiger charge is 2.18. The van der Waals surface area contributed by atoms with E-state index < -0.39 is 16.6 Å². The largest absolute Gasteiger partial charge is 0.496 e. The van der Waals surface area contributed by atoms with Gasteiger partial charge >= 0.3 is 5.69 Å². The lowest BCUT2D eigenvalue weighted by molar-refractivity contribution is -0.385. The van der Waals surface area contributed by atoms with Gasteiger partial charge in [-0.25, -0.2) is 9.82 Å². The second-order valence-electron chi connectivity index (χ2n) is 4.73. The summed E-state index contributed by atoms with van der Waals surface area (Å²) in [5, 5.41) is 14.8. The van der Waals surface area contributed by atoms with Crippen molar-refractivity contribution >= 4 is 17.8 Å². The molecule has 0 saturated carbocycles. The molecule has 0 fully saturated rings. The van der Waals surface area contributed by atoms with Crippen LogP contribution in [0.25, 0.3) is 0 Å². The van der Waals surface area contributed by atoms with E-state index in [0.29, 0.717) is 0 Å². The zero-order chi connectivity index (χ0) is 18.4. The van der Waals surface area contributed by atoms with E-state index in [4.69, 9.17) is 9.47 Å². The molecule has 0 heterocycles. The number of carbonyl (C=O) groups excluding carboxylic acids is 1. The summed E-state index contributed by atoms with van der Waals surface area (Å²) in [5.74, 6) is -0.704. The lowest BCUT2D eigenvalue weighted by Gasteiger charge is -2.08. The number of benzene rings is 2. The molecule has 0 aliphatic heterocycles. The molecule has 0 aliphatic rings. The van der Waals surface area contributed by atoms with Crippen molar-refractivity contribution in [3.05, 3.63) is 63.5 Å². The van der Waals surface area contributed by atoms with E-state index in [2.05, 4.69) is 10.5 Å². The van der Waals surface area contributed by atoms with Gasteiger partial charge in [0.05, 0.1) is 25.4 Å². The fourth-order valence-corrected chi connectivity index (χ4v) is 1.98. The molecule has 25 heavy (non-hydrogen) atoms. The van der Waals surface area contributed by atoms with Gasteiger partial charge in [0.15, 0.2) is 0 Å². The highest BCUT2D eigenvalue weighted by atomic mass is 19.1. The smallest absolute Gasteiger partial charge is 0.311 e. The van der Waals surface area contributed by atoms with E-state index in [-0.39, 0.29) is 28.3 Å². The number of ether oxygens (including phenoxy) is 2. The summed E-state index contributed by atoms with van der Waals surface area (Å²) in [6.45, 7) is 0. The molecule has 130 valence electrons. The van der Waals surface area contributed by atoms with Gasteiger partial charge in [0.1, 0.15) is 11.6 Å². The Morgan fingerprint density at radius 3 is 2.40 bits per heavy atom. The molecule has 0 unspecified atom stereocenters. The quantitative estimate of drug-likeness (QED) is 0.491. The summed E-state index contributed by atoms with van der Waals surface area (Å²) in [7, 11) is 2.69. The van der Waals surface area contributed by atoms with Crippen LogP contribution in [0.3, 0.4) is 0 Å². The van der Waals surface area contributed by atoms with Crippen LogP contribution in [0.2, 0.25) is 0 Å². The fraction of sp³-hybridized carbons (Fsp3) is 0.125. The molecule has 2 aromatic rings. The molecule has 8 nitrogen and oxygen atoms in total. The highest BCUT2D eigenvalue weighted by Crippen LogP contribution is 2.33. The minimum Gasteiger partial charge on any atom is -0.496 e. The molecule has 2 rings (SSSR count). The Bertz CT molecular complexity index is 821. The van der Waals surface area contributed by atoms with E-state index in [0.717, 1.165) is 12.1 Å². The fourth-order valence-electron chi connectivity index (χ4n) is 1.98. The molecule has 0 bridgehead atoms. The molecular weight excluding hydrogens is 333 g/mol. The summed E-state index contributed by atoms with van der Waals surface area (Å²) < 4.78 is 22.9. The van der Waals surface area contributed by atoms with Gasteiger partial charge in [0.25, 0.3) is 5.91 Å². The van der Waals surface area contributed by atoms with E-state index in [1.807, 2.05) is 0 Å². The van der Waals surface area contributed by atoms with Crippen LogP contribution in [-0.2, 0) is 0 Å². The summed E-state index contributed by atoms with van der Waals surface area (Å²) in [6.07, 6.45) is 1.20. The molecule has 0 radical (unpaired) electrons. The van der Waals surface area contributed by atoms with Crippen molar-refractivity contribution in [2.24, 2.45) is 5.10 Å². The zero-order valence-corrected chi connectivity index (χ0v) is 13.4. The first-order valence-electron chi connectivity index (χ1n) is 6.95. The molecule has 0 aromatic heterocycles. The van der Waals surface area contributed by atoms with Crippen LogP contribution in [0.1, 0.15) is 15.9 Å². The first-order chi connectivity index (χ1) is 12.0. The number of rotatable bonds is 6. The Labute approximate surface area is 142 Å². The molecule has 2 aromatic carbocycles. The Kier molecular flexibility index (Phi) is 5.62. The van der Waals surface area contributed by atoms with Crippen molar-refractivity contribution in [2.45, 2.75) is 0 Å². The predicted octanol–water partition coefficient (Wildman–Crippen LogP) is 2.52. The number of methoxy groups -OCH3 is 2. The lowest BCUT2D eigenvalue weighted by Crippen LogP contribution is -2.17. The van der Waals surface area contributed by atoms with Crippen LogP contribution in [0.4, 0.5) is 10.1 Å². The van der Waals surface area contributed by atoms with Crippen molar-refractivity contribution < 1.29 is 23.6 Å². The Morgan fingerprint density at radius 2 is 1.84 bits per heavy atom. The van der Waals surface area contributed by atoms with Crippen molar-refractivity contribution in [1.29, 1.82) is 0 Å². The van der Waals surface area contributed by atoms with E-state index in [1.54, 1.807) is 0 Å². The molecule has 0 atom stereocenters. The number of nitro groups is 1. The number of carbonyl (C=O) groups is 1. The number of nitrogens with one attached hydrogen (secondary N) is 1. The predicted molar refractivity (Wildman–Crippen MR) is 87.7 cm³/mol. The normalized spacial score (nSPS) is 10.5. The molecule has 0 saturated heterocycles. The number of nitro benzene ring substituents is 1. The molecule has 9 heteroatoms. The lowest BCUT2D eigenvalue weighted by atomic mass is 10.1. The maximum atomic E-state index is 12.8. The summed E-state index contributed by atoms with van der Waals surface area (Å²) in [6, 6.07) is 7.47. The van der Waals surface area contributed by atoms with Crippen LogP contribution >= 0.6 is 0 Å². The number of amides is 1. The Balaban J connectivity index is 2.22. The van der Waals surface area contributed by atoms with Gasteiger partial charge < -0.3 is 9.47 Å². The standard InChI is InChI=1S/C16H14FN3O5/c1-24-14-8-15(25-2)13(20(22)23)7-11(14)9-18-19-16(21)10-3-5-12(17)6-4-10/h3-9H,1-2H3,(H,19,21)/b18-9-. The number of halogens is 1. The maximum Gasteiger partial charge on any atom is 0.311 e. The Morgan fingerprint density at radius 1 is 1.20 bits per heavy atom. The third-order valence-electron chi connectivity index (χ3n) is 3.20. The first kappa shape index (κ1) is 17.9. The van der Waals surface area contributed by atoms with Gasteiger partial charge in [0.2, 0.25) is 5.75 Å². The van der Waals surface area contributed by atoms with Gasteiger partial charge in [-0.15, -0.1) is 0 Å². The first-order valence-corrected chi connectivity index (χ1v) is 6.95. The van der Waals surface area contributed by atoms with Crippen LogP contribution in [-0.4, -0.2) is 31.3 Å². The summed E-state index contributed by atoms with van der Waals surface area (Å²) in [4.78, 5) is 22.3. The van der Waals surface area contributed by atoms with Crippen molar-refractivity contribution in [1.82, 2.24) is 5.43 Å². The maximum absolute atomic E-state index is 12.8. The van der Waals surface area contributed by atoms with Crippen molar-refractivity contribution in [3.63, 3.8) is 0 Å². The number of nitrogens with zero attached hydrogens (tertiary/aromatic N) is 2. The molecule has 1 N–H and O–H groups in total. The zero-order valence-electron chi connectivity index (χ0n) is 13.4. The van der Waals surface area contributed by atoms with Gasteiger partial charge in [0, 0.05) is 23.3 Å². The highest BCUT2D eigenvalue weighted by molar-refractivity contribution is 5.95. The third kappa shape index (κ3) is 4.28. The van der Waals surface area contributed by atoms with E-state index in [1.165, 1.54) is 44.7 Å². The van der Waals surface area contributed by atoms with Crippen molar-refractivity contribution in [3.8, 4) is 11.5 Å². The number of hydrogen-bond acceptors (Lipinski definition) is 6. The molecule has 1 amide bonds. The summed E-state index contributed by atoms with van der Waals surface area (Å²) in [5.41, 5.74) is 2.46. The van der Waals surface area contributed by atoms with E-state index >= 15 is 0 Å².